The number of carbonyl (C=O) groups is 2. The number of amides is 1. The minimum Gasteiger partial charge on any atom is -0.483 e. The molecule has 0 radical (unpaired) electrons. The van der Waals surface area contributed by atoms with E-state index in [0.717, 1.165) is 19.5 Å². The highest BCUT2D eigenvalue weighted by atomic mass is 16.3. The Labute approximate surface area is 134 Å². The standard InChI is InChI=1S/C12H22N6O2.CH2O2/c19-9-11-3-1-2-6-17(11)8-5-13-12(20)4-7-18-10-14-15-16-18;2-1-3/h10-11,19H,1-9H2,(H,13,20);1H,(H,2,3). The first-order valence-corrected chi connectivity index (χ1v) is 7.61. The molecular weight excluding hydrogens is 304 g/mol. The summed E-state index contributed by atoms with van der Waals surface area (Å²) in [6, 6.07) is 0.252. The van der Waals surface area contributed by atoms with Crippen LogP contribution in [0.1, 0.15) is 25.7 Å². The number of carboxylic acid groups (broad SMARTS) is 1. The highest BCUT2D eigenvalue weighted by Crippen LogP contribution is 2.15. The third kappa shape index (κ3) is 7.66. The van der Waals surface area contributed by atoms with Gasteiger partial charge in [-0.2, -0.15) is 0 Å². The van der Waals surface area contributed by atoms with Gasteiger partial charge in [-0.15, -0.1) is 5.10 Å². The quantitative estimate of drug-likeness (QED) is 0.527. The topological polar surface area (TPSA) is 133 Å². The Kier molecular flexibility index (Phi) is 9.48. The second-order valence-electron chi connectivity index (χ2n) is 5.15. The van der Waals surface area contributed by atoms with Crippen LogP contribution in [-0.4, -0.2) is 80.0 Å². The number of aliphatic hydroxyl groups excluding tert-OH is 1. The maximum Gasteiger partial charge on any atom is 0.290 e. The Balaban J connectivity index is 0.000000816. The summed E-state index contributed by atoms with van der Waals surface area (Å²) in [5.41, 5.74) is 0. The Morgan fingerprint density at radius 3 is 2.83 bits per heavy atom. The van der Waals surface area contributed by atoms with E-state index in [1.54, 1.807) is 0 Å². The molecule has 1 aromatic heterocycles. The normalized spacial score (nSPS) is 17.9. The number of piperidine rings is 1. The first-order chi connectivity index (χ1) is 11.2. The summed E-state index contributed by atoms with van der Waals surface area (Å²) >= 11 is 0. The van der Waals surface area contributed by atoms with Crippen LogP contribution < -0.4 is 5.32 Å². The van der Waals surface area contributed by atoms with Crippen LogP contribution in [-0.2, 0) is 16.1 Å². The van der Waals surface area contributed by atoms with E-state index in [2.05, 4.69) is 25.7 Å². The summed E-state index contributed by atoms with van der Waals surface area (Å²) in [6.07, 6.45) is 5.26. The smallest absolute Gasteiger partial charge is 0.290 e. The van der Waals surface area contributed by atoms with E-state index in [1.165, 1.54) is 23.9 Å². The number of aromatic nitrogens is 4. The van der Waals surface area contributed by atoms with Crippen molar-refractivity contribution < 1.29 is 19.8 Å². The molecule has 23 heavy (non-hydrogen) atoms. The number of hydrogen-bond donors (Lipinski definition) is 3. The molecule has 1 aliphatic heterocycles. The SMILES string of the molecule is O=C(CCn1cnnn1)NCCN1CCCCC1CO.O=CO. The maximum atomic E-state index is 11.7. The molecule has 0 spiro atoms. The molecule has 3 N–H and O–H groups in total. The number of hydrogen-bond acceptors (Lipinski definition) is 7. The van der Waals surface area contributed by atoms with Crippen molar-refractivity contribution in [3.8, 4) is 0 Å². The number of nitrogens with zero attached hydrogens (tertiary/aromatic N) is 5. The fraction of sp³-hybridized carbons (Fsp3) is 0.769. The second-order valence-corrected chi connectivity index (χ2v) is 5.15. The summed E-state index contributed by atoms with van der Waals surface area (Å²) in [5, 5.41) is 29.8. The zero-order valence-corrected chi connectivity index (χ0v) is 13.0. The number of tetrazole rings is 1. The van der Waals surface area contributed by atoms with Gasteiger partial charge in [-0.1, -0.05) is 6.42 Å². The zero-order valence-electron chi connectivity index (χ0n) is 13.0. The van der Waals surface area contributed by atoms with Gasteiger partial charge in [0.1, 0.15) is 6.33 Å². The summed E-state index contributed by atoms with van der Waals surface area (Å²) in [4.78, 5) is 22.3. The molecule has 2 rings (SSSR count). The van der Waals surface area contributed by atoms with Crippen molar-refractivity contribution in [2.45, 2.75) is 38.3 Å². The maximum absolute atomic E-state index is 11.7. The van der Waals surface area contributed by atoms with Gasteiger partial charge >= 0.3 is 0 Å². The van der Waals surface area contributed by atoms with Gasteiger partial charge in [0.15, 0.2) is 0 Å². The number of nitrogens with one attached hydrogen (secondary N) is 1. The number of aliphatic hydroxyl groups is 1. The molecule has 0 aromatic carbocycles. The van der Waals surface area contributed by atoms with E-state index in [9.17, 15) is 9.90 Å². The summed E-state index contributed by atoms with van der Waals surface area (Å²) < 4.78 is 1.53. The van der Waals surface area contributed by atoms with E-state index >= 15 is 0 Å². The Morgan fingerprint density at radius 2 is 2.17 bits per heavy atom. The first kappa shape index (κ1) is 19.0. The first-order valence-electron chi connectivity index (χ1n) is 7.61. The summed E-state index contributed by atoms with van der Waals surface area (Å²) in [5.74, 6) is -0.00180. The van der Waals surface area contributed by atoms with E-state index in [1.807, 2.05) is 0 Å². The molecule has 0 saturated carbocycles. The minimum absolute atomic E-state index is 0.00180. The van der Waals surface area contributed by atoms with Gasteiger partial charge in [-0.25, -0.2) is 4.68 Å². The zero-order chi connectivity index (χ0) is 16.9. The predicted molar refractivity (Wildman–Crippen MR) is 80.4 cm³/mol. The molecule has 10 heteroatoms. The van der Waals surface area contributed by atoms with Gasteiger partial charge < -0.3 is 15.5 Å². The summed E-state index contributed by atoms with van der Waals surface area (Å²) in [7, 11) is 0. The highest BCUT2D eigenvalue weighted by Gasteiger charge is 2.20. The van der Waals surface area contributed by atoms with Crippen molar-refractivity contribution in [1.82, 2.24) is 30.4 Å². The molecule has 10 nitrogen and oxygen atoms in total. The number of rotatable bonds is 7. The van der Waals surface area contributed by atoms with Gasteiger partial charge in [0.25, 0.3) is 6.47 Å². The van der Waals surface area contributed by atoms with Gasteiger partial charge in [-0.3, -0.25) is 14.5 Å². The fourth-order valence-corrected chi connectivity index (χ4v) is 2.49. The van der Waals surface area contributed by atoms with Crippen molar-refractivity contribution in [3.05, 3.63) is 6.33 Å². The van der Waals surface area contributed by atoms with Crippen molar-refractivity contribution in [2.75, 3.05) is 26.2 Å². The molecule has 2 heterocycles. The third-order valence-corrected chi connectivity index (χ3v) is 3.64. The van der Waals surface area contributed by atoms with Crippen LogP contribution in [0.25, 0.3) is 0 Å². The lowest BCUT2D eigenvalue weighted by Gasteiger charge is -2.34. The van der Waals surface area contributed by atoms with Crippen LogP contribution in [0.2, 0.25) is 0 Å². The van der Waals surface area contributed by atoms with Crippen LogP contribution in [0.3, 0.4) is 0 Å². The van der Waals surface area contributed by atoms with Crippen molar-refractivity contribution in [1.29, 1.82) is 0 Å². The molecule has 130 valence electrons. The highest BCUT2D eigenvalue weighted by molar-refractivity contribution is 5.75. The average molecular weight is 328 g/mol. The Hall–Kier alpha value is -2.07. The van der Waals surface area contributed by atoms with Crippen molar-refractivity contribution >= 4 is 12.4 Å². The molecule has 1 aromatic rings. The molecular formula is C13H24N6O4. The van der Waals surface area contributed by atoms with E-state index < -0.39 is 0 Å². The molecule has 1 amide bonds. The van der Waals surface area contributed by atoms with Crippen LogP contribution in [0.15, 0.2) is 6.33 Å². The third-order valence-electron chi connectivity index (χ3n) is 3.64. The minimum atomic E-state index is -0.250. The van der Waals surface area contributed by atoms with Gasteiger partial charge in [0.05, 0.1) is 13.2 Å². The van der Waals surface area contributed by atoms with Gasteiger partial charge in [0, 0.05) is 25.6 Å². The van der Waals surface area contributed by atoms with Crippen LogP contribution in [0.5, 0.6) is 0 Å². The van der Waals surface area contributed by atoms with Gasteiger partial charge in [-0.05, 0) is 29.8 Å². The molecule has 1 atom stereocenters. The molecule has 0 aliphatic carbocycles. The molecule has 1 saturated heterocycles. The van der Waals surface area contributed by atoms with E-state index in [-0.39, 0.29) is 25.0 Å². The lowest BCUT2D eigenvalue weighted by molar-refractivity contribution is -0.123. The predicted octanol–water partition coefficient (Wildman–Crippen LogP) is -1.27. The van der Waals surface area contributed by atoms with Gasteiger partial charge in [0.2, 0.25) is 5.91 Å². The molecule has 1 fully saturated rings. The molecule has 1 aliphatic rings. The largest absolute Gasteiger partial charge is 0.483 e. The van der Waals surface area contributed by atoms with Crippen LogP contribution in [0.4, 0.5) is 0 Å². The Morgan fingerprint density at radius 1 is 1.39 bits per heavy atom. The lowest BCUT2D eigenvalue weighted by atomic mass is 10.0. The van der Waals surface area contributed by atoms with E-state index in [4.69, 9.17) is 9.90 Å². The van der Waals surface area contributed by atoms with Crippen LogP contribution >= 0.6 is 0 Å². The fourth-order valence-electron chi connectivity index (χ4n) is 2.49. The second kappa shape index (κ2) is 11.5. The van der Waals surface area contributed by atoms with Crippen molar-refractivity contribution in [3.63, 3.8) is 0 Å². The lowest BCUT2D eigenvalue weighted by Crippen LogP contribution is -2.45. The molecule has 1 unspecified atom stereocenters. The van der Waals surface area contributed by atoms with Crippen molar-refractivity contribution in [2.24, 2.45) is 0 Å². The number of carbonyl (C=O) groups excluding carboxylic acids is 1. The number of aryl methyl sites for hydroxylation is 1. The molecule has 0 bridgehead atoms. The Bertz CT molecular complexity index is 442. The summed E-state index contributed by atoms with van der Waals surface area (Å²) in [6.45, 7) is 2.85. The monoisotopic (exact) mass is 328 g/mol. The van der Waals surface area contributed by atoms with Crippen LogP contribution in [0, 0.1) is 0 Å². The number of likely N-dealkylation sites (tertiary alicyclic amines) is 1. The van der Waals surface area contributed by atoms with E-state index in [0.29, 0.717) is 19.5 Å². The average Bonchev–Trinajstić information content (AvgIpc) is 3.07.